The summed E-state index contributed by atoms with van der Waals surface area (Å²) in [6.45, 7) is 7.10. The molecule has 6 heteroatoms. The van der Waals surface area contributed by atoms with Crippen LogP contribution in [0.3, 0.4) is 0 Å². The standard InChI is InChI=1S/C23H25N5O/c1-3-12-25-22-19-11-14-28(15-17-7-9-18(29-2)10-8-17)16-21(19)26-23(27-22)20-6-4-5-13-24-20/h3-10,13H,1,11-12,14-16H2,2H3,(H,25,26,27). The van der Waals surface area contributed by atoms with Crippen LogP contribution in [0, 0.1) is 0 Å². The van der Waals surface area contributed by atoms with Gasteiger partial charge in [-0.05, 0) is 36.2 Å². The molecule has 0 spiro atoms. The lowest BCUT2D eigenvalue weighted by Gasteiger charge is -2.29. The summed E-state index contributed by atoms with van der Waals surface area (Å²) in [5.74, 6) is 2.42. The van der Waals surface area contributed by atoms with Gasteiger partial charge in [0.05, 0.1) is 12.8 Å². The van der Waals surface area contributed by atoms with Crippen LogP contribution < -0.4 is 10.1 Å². The van der Waals surface area contributed by atoms with Crippen molar-refractivity contribution in [2.45, 2.75) is 19.5 Å². The topological polar surface area (TPSA) is 63.2 Å². The molecule has 0 fully saturated rings. The first-order valence-electron chi connectivity index (χ1n) is 9.78. The van der Waals surface area contributed by atoms with Gasteiger partial charge in [0.2, 0.25) is 0 Å². The van der Waals surface area contributed by atoms with Crippen LogP contribution in [0.2, 0.25) is 0 Å². The number of benzene rings is 1. The van der Waals surface area contributed by atoms with Crippen molar-refractivity contribution in [2.24, 2.45) is 0 Å². The van der Waals surface area contributed by atoms with Crippen LogP contribution in [0.25, 0.3) is 11.5 Å². The summed E-state index contributed by atoms with van der Waals surface area (Å²) >= 11 is 0. The van der Waals surface area contributed by atoms with Crippen molar-refractivity contribution < 1.29 is 4.74 Å². The van der Waals surface area contributed by atoms with Gasteiger partial charge in [-0.3, -0.25) is 9.88 Å². The third kappa shape index (κ3) is 4.43. The molecule has 1 N–H and O–H groups in total. The highest BCUT2D eigenvalue weighted by Gasteiger charge is 2.23. The highest BCUT2D eigenvalue weighted by molar-refractivity contribution is 5.57. The number of rotatable bonds is 7. The van der Waals surface area contributed by atoms with Crippen LogP contribution in [0.5, 0.6) is 5.75 Å². The van der Waals surface area contributed by atoms with E-state index >= 15 is 0 Å². The smallest absolute Gasteiger partial charge is 0.180 e. The van der Waals surface area contributed by atoms with E-state index in [1.165, 1.54) is 11.1 Å². The summed E-state index contributed by atoms with van der Waals surface area (Å²) in [7, 11) is 1.69. The van der Waals surface area contributed by atoms with Gasteiger partial charge in [-0.25, -0.2) is 9.97 Å². The monoisotopic (exact) mass is 387 g/mol. The molecule has 6 nitrogen and oxygen atoms in total. The Morgan fingerprint density at radius 2 is 2.03 bits per heavy atom. The van der Waals surface area contributed by atoms with Gasteiger partial charge < -0.3 is 10.1 Å². The Kier molecular flexibility index (Phi) is 5.81. The molecule has 0 bridgehead atoms. The van der Waals surface area contributed by atoms with E-state index in [0.29, 0.717) is 12.4 Å². The minimum atomic E-state index is 0.655. The summed E-state index contributed by atoms with van der Waals surface area (Å²) in [5, 5.41) is 3.38. The van der Waals surface area contributed by atoms with Crippen molar-refractivity contribution >= 4 is 5.82 Å². The molecule has 4 rings (SSSR count). The molecule has 0 atom stereocenters. The van der Waals surface area contributed by atoms with Crippen molar-refractivity contribution in [2.75, 3.05) is 25.5 Å². The van der Waals surface area contributed by atoms with E-state index in [9.17, 15) is 0 Å². The fourth-order valence-electron chi connectivity index (χ4n) is 3.53. The van der Waals surface area contributed by atoms with Gasteiger partial charge in [-0.2, -0.15) is 0 Å². The molecule has 3 aromatic rings. The summed E-state index contributed by atoms with van der Waals surface area (Å²) in [6.07, 6.45) is 4.52. The third-order valence-electron chi connectivity index (χ3n) is 5.02. The number of hydrogen-bond acceptors (Lipinski definition) is 6. The molecule has 0 saturated heterocycles. The van der Waals surface area contributed by atoms with Gasteiger partial charge in [0, 0.05) is 37.9 Å². The van der Waals surface area contributed by atoms with Crippen LogP contribution in [0.4, 0.5) is 5.82 Å². The number of fused-ring (bicyclic) bond motifs is 1. The van der Waals surface area contributed by atoms with E-state index in [2.05, 4.69) is 33.9 Å². The van der Waals surface area contributed by atoms with Crippen LogP contribution in [0.15, 0.2) is 61.3 Å². The van der Waals surface area contributed by atoms with Gasteiger partial charge in [-0.15, -0.1) is 6.58 Å². The lowest BCUT2D eigenvalue weighted by Crippen LogP contribution is -2.32. The number of methoxy groups -OCH3 is 1. The van der Waals surface area contributed by atoms with Gasteiger partial charge in [0.1, 0.15) is 17.3 Å². The first kappa shape index (κ1) is 19.1. The number of nitrogens with one attached hydrogen (secondary N) is 1. The van der Waals surface area contributed by atoms with E-state index in [0.717, 1.165) is 49.0 Å². The largest absolute Gasteiger partial charge is 0.497 e. The summed E-state index contributed by atoms with van der Waals surface area (Å²) < 4.78 is 5.26. The number of pyridine rings is 1. The Hall–Kier alpha value is -3.25. The zero-order valence-electron chi connectivity index (χ0n) is 16.6. The van der Waals surface area contributed by atoms with Crippen LogP contribution in [-0.2, 0) is 19.5 Å². The Bertz CT molecular complexity index is 973. The maximum absolute atomic E-state index is 5.26. The number of anilines is 1. The van der Waals surface area contributed by atoms with Crippen molar-refractivity contribution in [1.29, 1.82) is 0 Å². The molecule has 0 radical (unpaired) electrons. The molecule has 29 heavy (non-hydrogen) atoms. The quantitative estimate of drug-likeness (QED) is 0.624. The fraction of sp³-hybridized carbons (Fsp3) is 0.261. The number of aromatic nitrogens is 3. The normalized spacial score (nSPS) is 13.6. The van der Waals surface area contributed by atoms with Crippen LogP contribution in [0.1, 0.15) is 16.8 Å². The van der Waals surface area contributed by atoms with E-state index in [4.69, 9.17) is 14.7 Å². The van der Waals surface area contributed by atoms with Crippen molar-refractivity contribution in [1.82, 2.24) is 19.9 Å². The molecule has 0 saturated carbocycles. The summed E-state index contributed by atoms with van der Waals surface area (Å²) in [6, 6.07) is 14.0. The predicted molar refractivity (Wildman–Crippen MR) is 115 cm³/mol. The number of nitrogens with zero attached hydrogens (tertiary/aromatic N) is 4. The molecular formula is C23H25N5O. The Morgan fingerprint density at radius 1 is 1.17 bits per heavy atom. The maximum Gasteiger partial charge on any atom is 0.180 e. The maximum atomic E-state index is 5.26. The van der Waals surface area contributed by atoms with E-state index in [-0.39, 0.29) is 0 Å². The minimum absolute atomic E-state index is 0.655. The second kappa shape index (κ2) is 8.84. The Morgan fingerprint density at radius 3 is 2.76 bits per heavy atom. The van der Waals surface area contributed by atoms with Gasteiger partial charge in [0.15, 0.2) is 5.82 Å². The van der Waals surface area contributed by atoms with Crippen molar-refractivity contribution in [3.05, 3.63) is 78.1 Å². The second-order valence-corrected chi connectivity index (χ2v) is 7.01. The Labute approximate surface area is 171 Å². The van der Waals surface area contributed by atoms with Crippen LogP contribution in [-0.4, -0.2) is 40.1 Å². The molecule has 148 valence electrons. The predicted octanol–water partition coefficient (Wildman–Crippen LogP) is 3.70. The molecule has 1 aliphatic rings. The molecule has 3 heterocycles. The number of ether oxygens (including phenoxy) is 1. The average molecular weight is 387 g/mol. The molecule has 0 unspecified atom stereocenters. The fourth-order valence-corrected chi connectivity index (χ4v) is 3.53. The summed E-state index contributed by atoms with van der Waals surface area (Å²) in [4.78, 5) is 16.5. The molecule has 2 aromatic heterocycles. The highest BCUT2D eigenvalue weighted by Crippen LogP contribution is 2.27. The average Bonchev–Trinajstić information content (AvgIpc) is 2.78. The molecule has 0 amide bonds. The van der Waals surface area contributed by atoms with E-state index in [1.807, 2.05) is 36.4 Å². The van der Waals surface area contributed by atoms with Gasteiger partial charge in [0.25, 0.3) is 0 Å². The SMILES string of the molecule is C=CCNc1nc(-c2ccccn2)nc2c1CCN(Cc1ccc(OC)cc1)C2. The van der Waals surface area contributed by atoms with Gasteiger partial charge >= 0.3 is 0 Å². The zero-order chi connectivity index (χ0) is 20.1. The lowest BCUT2D eigenvalue weighted by molar-refractivity contribution is 0.241. The highest BCUT2D eigenvalue weighted by atomic mass is 16.5. The third-order valence-corrected chi connectivity index (χ3v) is 5.02. The van der Waals surface area contributed by atoms with Gasteiger partial charge in [-0.1, -0.05) is 24.3 Å². The van der Waals surface area contributed by atoms with E-state index < -0.39 is 0 Å². The molecule has 0 aliphatic carbocycles. The first-order valence-corrected chi connectivity index (χ1v) is 9.78. The Balaban J connectivity index is 1.60. The molecule has 1 aromatic carbocycles. The number of hydrogen-bond donors (Lipinski definition) is 1. The molecular weight excluding hydrogens is 362 g/mol. The zero-order valence-corrected chi connectivity index (χ0v) is 16.6. The first-order chi connectivity index (χ1) is 14.3. The van der Waals surface area contributed by atoms with E-state index in [1.54, 1.807) is 13.3 Å². The van der Waals surface area contributed by atoms with Crippen LogP contribution >= 0.6 is 0 Å². The minimum Gasteiger partial charge on any atom is -0.497 e. The second-order valence-electron chi connectivity index (χ2n) is 7.01. The van der Waals surface area contributed by atoms with Crippen molar-refractivity contribution in [3.8, 4) is 17.3 Å². The lowest BCUT2D eigenvalue weighted by atomic mass is 10.0. The molecule has 1 aliphatic heterocycles. The van der Waals surface area contributed by atoms with Crippen molar-refractivity contribution in [3.63, 3.8) is 0 Å². The summed E-state index contributed by atoms with van der Waals surface area (Å²) in [5.41, 5.74) is 4.30.